The molecule has 0 aromatic rings. The smallest absolute Gasteiger partial charge is 0.326 e. The SMILES string of the molecule is CCC(C)[C@H](NC(=O)NC1CCCN(CC)C1)C(=O)O. The Bertz CT molecular complexity index is 336. The second-order valence-corrected chi connectivity index (χ2v) is 5.55. The number of nitrogens with one attached hydrogen (secondary N) is 2. The van der Waals surface area contributed by atoms with Gasteiger partial charge in [0.25, 0.3) is 0 Å². The first-order valence-electron chi connectivity index (χ1n) is 7.50. The second kappa shape index (κ2) is 8.09. The van der Waals surface area contributed by atoms with Gasteiger partial charge in [-0.25, -0.2) is 9.59 Å². The summed E-state index contributed by atoms with van der Waals surface area (Å²) in [4.78, 5) is 25.4. The Kier molecular flexibility index (Phi) is 6.78. The van der Waals surface area contributed by atoms with Gasteiger partial charge in [0, 0.05) is 12.6 Å². The number of hydrogen-bond donors (Lipinski definition) is 3. The maximum atomic E-state index is 11.9. The molecule has 0 bridgehead atoms. The number of amides is 2. The van der Waals surface area contributed by atoms with Crippen LogP contribution in [0.4, 0.5) is 4.79 Å². The van der Waals surface area contributed by atoms with Gasteiger partial charge in [-0.05, 0) is 31.8 Å². The molecular formula is C14H27N3O3. The van der Waals surface area contributed by atoms with Crippen molar-refractivity contribution in [3.05, 3.63) is 0 Å². The summed E-state index contributed by atoms with van der Waals surface area (Å²) in [5, 5.41) is 14.6. The van der Waals surface area contributed by atoms with Crippen LogP contribution in [-0.4, -0.2) is 53.7 Å². The third kappa shape index (κ3) is 5.00. The van der Waals surface area contributed by atoms with Crippen molar-refractivity contribution >= 4 is 12.0 Å². The van der Waals surface area contributed by atoms with Gasteiger partial charge in [-0.1, -0.05) is 27.2 Å². The van der Waals surface area contributed by atoms with E-state index in [0.29, 0.717) is 6.42 Å². The Morgan fingerprint density at radius 2 is 2.10 bits per heavy atom. The lowest BCUT2D eigenvalue weighted by molar-refractivity contribution is -0.140. The van der Waals surface area contributed by atoms with E-state index >= 15 is 0 Å². The lowest BCUT2D eigenvalue weighted by atomic mass is 9.99. The van der Waals surface area contributed by atoms with Gasteiger partial charge >= 0.3 is 12.0 Å². The zero-order chi connectivity index (χ0) is 15.1. The predicted octanol–water partition coefficient (Wildman–Crippen LogP) is 1.27. The van der Waals surface area contributed by atoms with Crippen LogP contribution in [0.5, 0.6) is 0 Å². The van der Waals surface area contributed by atoms with E-state index in [1.165, 1.54) is 0 Å². The molecule has 0 saturated carbocycles. The van der Waals surface area contributed by atoms with Gasteiger partial charge in [0.2, 0.25) is 0 Å². The highest BCUT2D eigenvalue weighted by atomic mass is 16.4. The number of carbonyl (C=O) groups excluding carboxylic acids is 1. The lowest BCUT2D eigenvalue weighted by Crippen LogP contribution is -2.54. The molecular weight excluding hydrogens is 258 g/mol. The Morgan fingerprint density at radius 3 is 2.65 bits per heavy atom. The van der Waals surface area contributed by atoms with E-state index in [1.54, 1.807) is 0 Å². The summed E-state index contributed by atoms with van der Waals surface area (Å²) < 4.78 is 0. The molecule has 0 aromatic heterocycles. The minimum absolute atomic E-state index is 0.0863. The van der Waals surface area contributed by atoms with Crippen molar-refractivity contribution in [3.8, 4) is 0 Å². The molecule has 0 radical (unpaired) electrons. The highest BCUT2D eigenvalue weighted by Crippen LogP contribution is 2.10. The fraction of sp³-hybridized carbons (Fsp3) is 0.857. The molecule has 0 aliphatic carbocycles. The number of likely N-dealkylation sites (N-methyl/N-ethyl adjacent to an activating group) is 1. The van der Waals surface area contributed by atoms with Crippen molar-refractivity contribution in [2.24, 2.45) is 5.92 Å². The largest absolute Gasteiger partial charge is 0.480 e. The predicted molar refractivity (Wildman–Crippen MR) is 77.7 cm³/mol. The molecule has 1 aliphatic rings. The fourth-order valence-electron chi connectivity index (χ4n) is 2.51. The van der Waals surface area contributed by atoms with E-state index < -0.39 is 12.0 Å². The minimum atomic E-state index is -0.978. The summed E-state index contributed by atoms with van der Waals surface area (Å²) in [6.45, 7) is 8.74. The molecule has 116 valence electrons. The molecule has 1 fully saturated rings. The third-order valence-electron chi connectivity index (χ3n) is 4.05. The number of urea groups is 1. The van der Waals surface area contributed by atoms with Gasteiger partial charge in [0.05, 0.1) is 0 Å². The zero-order valence-electron chi connectivity index (χ0n) is 12.7. The summed E-state index contributed by atoms with van der Waals surface area (Å²) in [5.41, 5.74) is 0. The first-order valence-corrected chi connectivity index (χ1v) is 7.50. The van der Waals surface area contributed by atoms with Gasteiger partial charge in [-0.2, -0.15) is 0 Å². The summed E-state index contributed by atoms with van der Waals surface area (Å²) >= 11 is 0. The fourth-order valence-corrected chi connectivity index (χ4v) is 2.51. The number of hydrogen-bond acceptors (Lipinski definition) is 3. The van der Waals surface area contributed by atoms with Gasteiger partial charge in [0.1, 0.15) is 6.04 Å². The van der Waals surface area contributed by atoms with Crippen LogP contribution in [0, 0.1) is 5.92 Å². The summed E-state index contributed by atoms with van der Waals surface area (Å²) in [6, 6.07) is -1.10. The minimum Gasteiger partial charge on any atom is -0.480 e. The molecule has 1 saturated heterocycles. The van der Waals surface area contributed by atoms with Crippen LogP contribution in [0.1, 0.15) is 40.0 Å². The van der Waals surface area contributed by atoms with Crippen molar-refractivity contribution in [2.45, 2.75) is 52.1 Å². The van der Waals surface area contributed by atoms with E-state index in [9.17, 15) is 9.59 Å². The number of rotatable bonds is 6. The Hall–Kier alpha value is -1.30. The maximum Gasteiger partial charge on any atom is 0.326 e. The average molecular weight is 285 g/mol. The second-order valence-electron chi connectivity index (χ2n) is 5.55. The molecule has 1 heterocycles. The molecule has 6 nitrogen and oxygen atoms in total. The highest BCUT2D eigenvalue weighted by molar-refractivity contribution is 5.82. The number of aliphatic carboxylic acids is 1. The monoisotopic (exact) mass is 285 g/mol. The van der Waals surface area contributed by atoms with Crippen molar-refractivity contribution in [1.29, 1.82) is 0 Å². The third-order valence-corrected chi connectivity index (χ3v) is 4.05. The van der Waals surface area contributed by atoms with Gasteiger partial charge in [0.15, 0.2) is 0 Å². The topological polar surface area (TPSA) is 81.7 Å². The Morgan fingerprint density at radius 1 is 1.40 bits per heavy atom. The van der Waals surface area contributed by atoms with Crippen molar-refractivity contribution in [2.75, 3.05) is 19.6 Å². The molecule has 1 rings (SSSR count). The van der Waals surface area contributed by atoms with Crippen LogP contribution in [0.15, 0.2) is 0 Å². The summed E-state index contributed by atoms with van der Waals surface area (Å²) in [5.74, 6) is -1.06. The van der Waals surface area contributed by atoms with Crippen molar-refractivity contribution in [3.63, 3.8) is 0 Å². The van der Waals surface area contributed by atoms with Crippen LogP contribution in [-0.2, 0) is 4.79 Å². The van der Waals surface area contributed by atoms with Crippen LogP contribution in [0.25, 0.3) is 0 Å². The van der Waals surface area contributed by atoms with E-state index in [2.05, 4.69) is 22.5 Å². The molecule has 0 spiro atoms. The van der Waals surface area contributed by atoms with Crippen LogP contribution in [0.2, 0.25) is 0 Å². The quantitative estimate of drug-likeness (QED) is 0.686. The van der Waals surface area contributed by atoms with E-state index in [4.69, 9.17) is 5.11 Å². The maximum absolute atomic E-state index is 11.9. The molecule has 0 aromatic carbocycles. The van der Waals surface area contributed by atoms with Gasteiger partial charge in [-0.15, -0.1) is 0 Å². The van der Waals surface area contributed by atoms with Crippen LogP contribution >= 0.6 is 0 Å². The number of carboxylic acid groups (broad SMARTS) is 1. The first-order chi connectivity index (χ1) is 9.47. The number of carboxylic acids is 1. The molecule has 1 aliphatic heterocycles. The number of carbonyl (C=O) groups is 2. The Balaban J connectivity index is 2.47. The van der Waals surface area contributed by atoms with E-state index in [0.717, 1.165) is 32.5 Å². The molecule has 2 amide bonds. The summed E-state index contributed by atoms with van der Waals surface area (Å²) in [6.07, 6.45) is 2.72. The molecule has 20 heavy (non-hydrogen) atoms. The summed E-state index contributed by atoms with van der Waals surface area (Å²) in [7, 11) is 0. The standard InChI is InChI=1S/C14H27N3O3/c1-4-10(3)12(13(18)19)16-14(20)15-11-7-6-8-17(5-2)9-11/h10-12H,4-9H2,1-3H3,(H,18,19)(H2,15,16,20)/t10?,11?,12-/m0/s1. The van der Waals surface area contributed by atoms with Crippen LogP contribution in [0.3, 0.4) is 0 Å². The van der Waals surface area contributed by atoms with E-state index in [-0.39, 0.29) is 18.0 Å². The number of piperidine rings is 1. The molecule has 3 N–H and O–H groups in total. The average Bonchev–Trinajstić information content (AvgIpc) is 2.43. The number of likely N-dealkylation sites (tertiary alicyclic amines) is 1. The zero-order valence-corrected chi connectivity index (χ0v) is 12.7. The molecule has 2 unspecified atom stereocenters. The van der Waals surface area contributed by atoms with E-state index in [1.807, 2.05) is 13.8 Å². The highest BCUT2D eigenvalue weighted by Gasteiger charge is 2.27. The van der Waals surface area contributed by atoms with Crippen molar-refractivity contribution < 1.29 is 14.7 Å². The number of nitrogens with zero attached hydrogens (tertiary/aromatic N) is 1. The first kappa shape index (κ1) is 16.8. The Labute approximate surface area is 120 Å². The van der Waals surface area contributed by atoms with Gasteiger partial charge < -0.3 is 20.6 Å². The molecule has 3 atom stereocenters. The van der Waals surface area contributed by atoms with Crippen LogP contribution < -0.4 is 10.6 Å². The normalized spacial score (nSPS) is 22.9. The van der Waals surface area contributed by atoms with Gasteiger partial charge in [-0.3, -0.25) is 0 Å². The molecule has 6 heteroatoms. The van der Waals surface area contributed by atoms with Crippen molar-refractivity contribution in [1.82, 2.24) is 15.5 Å². The lowest BCUT2D eigenvalue weighted by Gasteiger charge is -2.32.